The third-order valence-corrected chi connectivity index (χ3v) is 4.15. The van der Waals surface area contributed by atoms with Gasteiger partial charge in [-0.15, -0.1) is 24.0 Å². The summed E-state index contributed by atoms with van der Waals surface area (Å²) in [5.74, 6) is 0.677. The maximum Gasteiger partial charge on any atom is 0.251 e. The summed E-state index contributed by atoms with van der Waals surface area (Å²) in [4.78, 5) is 15.9. The zero-order chi connectivity index (χ0) is 20.4. The normalized spacial score (nSPS) is 11.8. The fraction of sp³-hybridized carbons (Fsp3) is 0.333. The van der Waals surface area contributed by atoms with Crippen molar-refractivity contribution in [3.63, 3.8) is 0 Å². The molecule has 0 saturated carbocycles. The third-order valence-electron chi connectivity index (χ3n) is 4.15. The van der Waals surface area contributed by atoms with E-state index in [1.807, 2.05) is 25.1 Å². The van der Waals surface area contributed by atoms with Crippen LogP contribution < -0.4 is 20.7 Å². The molecular weight excluding hydrogens is 486 g/mol. The molecule has 0 heterocycles. The van der Waals surface area contributed by atoms with E-state index in [0.717, 1.165) is 12.0 Å². The molecule has 0 bridgehead atoms. The van der Waals surface area contributed by atoms with Crippen molar-refractivity contribution in [2.24, 2.45) is 4.99 Å². The number of hydrogen-bond acceptors (Lipinski definition) is 3. The van der Waals surface area contributed by atoms with Crippen LogP contribution in [0.25, 0.3) is 0 Å². The minimum atomic E-state index is -0.322. The summed E-state index contributed by atoms with van der Waals surface area (Å²) in [5, 5.41) is 9.04. The number of nitrogens with zero attached hydrogens (tertiary/aromatic N) is 1. The quantitative estimate of drug-likeness (QED) is 0.287. The maximum atomic E-state index is 13.3. The highest BCUT2D eigenvalue weighted by Crippen LogP contribution is 2.14. The topological polar surface area (TPSA) is 74.8 Å². The molecule has 0 fully saturated rings. The van der Waals surface area contributed by atoms with E-state index >= 15 is 0 Å². The van der Waals surface area contributed by atoms with Gasteiger partial charge in [-0.3, -0.25) is 9.79 Å². The summed E-state index contributed by atoms with van der Waals surface area (Å²) in [6.45, 7) is 3.04. The molecule has 0 spiro atoms. The Bertz CT molecular complexity index is 817. The van der Waals surface area contributed by atoms with Gasteiger partial charge in [0, 0.05) is 32.3 Å². The largest absolute Gasteiger partial charge is 0.489 e. The number of carbonyl (C=O) groups excluding carboxylic acids is 1. The molecule has 2 aromatic rings. The number of nitrogens with one attached hydrogen (secondary N) is 3. The predicted molar refractivity (Wildman–Crippen MR) is 125 cm³/mol. The molecule has 1 atom stereocenters. The van der Waals surface area contributed by atoms with E-state index in [9.17, 15) is 9.18 Å². The lowest BCUT2D eigenvalue weighted by molar-refractivity contribution is 0.0963. The Labute approximate surface area is 188 Å². The zero-order valence-electron chi connectivity index (χ0n) is 16.9. The van der Waals surface area contributed by atoms with Crippen LogP contribution in [0.5, 0.6) is 5.75 Å². The van der Waals surface area contributed by atoms with Gasteiger partial charge in [0.2, 0.25) is 0 Å². The Morgan fingerprint density at radius 2 is 1.93 bits per heavy atom. The molecule has 0 saturated heterocycles. The van der Waals surface area contributed by atoms with E-state index in [-0.39, 0.29) is 41.8 Å². The second kappa shape index (κ2) is 13.0. The molecule has 0 radical (unpaired) electrons. The lowest BCUT2D eigenvalue weighted by Gasteiger charge is -2.20. The van der Waals surface area contributed by atoms with Gasteiger partial charge in [0.1, 0.15) is 17.7 Å². The average Bonchev–Trinajstić information content (AvgIpc) is 2.72. The van der Waals surface area contributed by atoms with Gasteiger partial charge in [0.15, 0.2) is 5.96 Å². The third kappa shape index (κ3) is 8.26. The molecule has 0 aromatic heterocycles. The van der Waals surface area contributed by atoms with Gasteiger partial charge in [-0.2, -0.15) is 0 Å². The Morgan fingerprint density at radius 1 is 1.17 bits per heavy atom. The lowest BCUT2D eigenvalue weighted by atomic mass is 10.1. The van der Waals surface area contributed by atoms with E-state index < -0.39 is 0 Å². The SMILES string of the molecule is CCC(CNC(=NC)NCc1cccc(C(=O)NC)c1)Oc1cccc(F)c1.I. The second-order valence-electron chi connectivity index (χ2n) is 6.19. The van der Waals surface area contributed by atoms with Gasteiger partial charge in [0.05, 0.1) is 6.54 Å². The summed E-state index contributed by atoms with van der Waals surface area (Å²) in [7, 11) is 3.29. The first-order chi connectivity index (χ1) is 13.5. The number of hydrogen-bond donors (Lipinski definition) is 3. The molecular formula is C21H28FIN4O2. The van der Waals surface area contributed by atoms with Crippen LogP contribution in [0.4, 0.5) is 4.39 Å². The molecule has 0 aliphatic rings. The van der Waals surface area contributed by atoms with Crippen molar-refractivity contribution in [2.45, 2.75) is 26.0 Å². The lowest BCUT2D eigenvalue weighted by Crippen LogP contribution is -2.42. The summed E-state index contributed by atoms with van der Waals surface area (Å²) >= 11 is 0. The van der Waals surface area contributed by atoms with E-state index in [1.54, 1.807) is 32.3 Å². The number of ether oxygens (including phenoxy) is 1. The summed E-state index contributed by atoms with van der Waals surface area (Å²) < 4.78 is 19.1. The van der Waals surface area contributed by atoms with Crippen LogP contribution in [0.3, 0.4) is 0 Å². The molecule has 2 rings (SSSR count). The van der Waals surface area contributed by atoms with Crippen molar-refractivity contribution in [1.29, 1.82) is 0 Å². The van der Waals surface area contributed by atoms with Gasteiger partial charge in [0.25, 0.3) is 5.91 Å². The van der Waals surface area contributed by atoms with Crippen LogP contribution in [0, 0.1) is 5.82 Å². The molecule has 8 heteroatoms. The fourth-order valence-corrected chi connectivity index (χ4v) is 2.59. The van der Waals surface area contributed by atoms with Crippen LogP contribution in [0.1, 0.15) is 29.3 Å². The fourth-order valence-electron chi connectivity index (χ4n) is 2.59. The molecule has 158 valence electrons. The molecule has 29 heavy (non-hydrogen) atoms. The van der Waals surface area contributed by atoms with Crippen molar-refractivity contribution < 1.29 is 13.9 Å². The zero-order valence-corrected chi connectivity index (χ0v) is 19.2. The molecule has 0 aliphatic heterocycles. The predicted octanol–water partition coefficient (Wildman–Crippen LogP) is 3.33. The van der Waals surface area contributed by atoms with E-state index in [2.05, 4.69) is 20.9 Å². The number of guanidine groups is 1. The minimum Gasteiger partial charge on any atom is -0.489 e. The highest BCUT2D eigenvalue weighted by atomic mass is 127. The van der Waals surface area contributed by atoms with Crippen molar-refractivity contribution in [1.82, 2.24) is 16.0 Å². The maximum absolute atomic E-state index is 13.3. The van der Waals surface area contributed by atoms with Crippen LogP contribution >= 0.6 is 24.0 Å². The molecule has 0 aliphatic carbocycles. The van der Waals surface area contributed by atoms with Crippen LogP contribution in [0.15, 0.2) is 53.5 Å². The van der Waals surface area contributed by atoms with Crippen molar-refractivity contribution in [3.8, 4) is 5.75 Å². The first-order valence-corrected chi connectivity index (χ1v) is 9.23. The molecule has 2 aromatic carbocycles. The van der Waals surface area contributed by atoms with E-state index in [4.69, 9.17) is 4.74 Å². The summed E-state index contributed by atoms with van der Waals surface area (Å²) in [6.07, 6.45) is 0.631. The van der Waals surface area contributed by atoms with E-state index in [0.29, 0.717) is 30.4 Å². The second-order valence-corrected chi connectivity index (χ2v) is 6.19. The first-order valence-electron chi connectivity index (χ1n) is 9.23. The van der Waals surface area contributed by atoms with Gasteiger partial charge in [-0.1, -0.05) is 25.1 Å². The molecule has 1 unspecified atom stereocenters. The molecule has 1 amide bonds. The summed E-state index contributed by atoms with van der Waals surface area (Å²) in [5.41, 5.74) is 1.58. The van der Waals surface area contributed by atoms with Gasteiger partial charge >= 0.3 is 0 Å². The number of benzene rings is 2. The minimum absolute atomic E-state index is 0. The van der Waals surface area contributed by atoms with Crippen molar-refractivity contribution in [3.05, 3.63) is 65.5 Å². The summed E-state index contributed by atoms with van der Waals surface area (Å²) in [6, 6.07) is 13.5. The van der Waals surface area contributed by atoms with Crippen LogP contribution in [0.2, 0.25) is 0 Å². The Morgan fingerprint density at radius 3 is 2.59 bits per heavy atom. The standard InChI is InChI=1S/C21H27FN4O2.HI/c1-4-18(28-19-10-6-9-17(22)12-19)14-26-21(24-3)25-13-15-7-5-8-16(11-15)20(27)23-2;/h5-12,18H,4,13-14H2,1-3H3,(H,23,27)(H2,24,25,26);1H. The van der Waals surface area contributed by atoms with Crippen LogP contribution in [-0.2, 0) is 6.54 Å². The smallest absolute Gasteiger partial charge is 0.251 e. The van der Waals surface area contributed by atoms with Gasteiger partial charge in [-0.05, 0) is 36.2 Å². The number of rotatable bonds is 8. The Hall–Kier alpha value is -2.36. The number of aliphatic imine (C=N–C) groups is 1. The van der Waals surface area contributed by atoms with Gasteiger partial charge in [-0.25, -0.2) is 4.39 Å². The van der Waals surface area contributed by atoms with Gasteiger partial charge < -0.3 is 20.7 Å². The van der Waals surface area contributed by atoms with Crippen molar-refractivity contribution in [2.75, 3.05) is 20.6 Å². The number of amides is 1. The van der Waals surface area contributed by atoms with Crippen molar-refractivity contribution >= 4 is 35.8 Å². The highest BCUT2D eigenvalue weighted by Gasteiger charge is 2.10. The van der Waals surface area contributed by atoms with Crippen LogP contribution in [-0.4, -0.2) is 38.6 Å². The monoisotopic (exact) mass is 514 g/mol. The highest BCUT2D eigenvalue weighted by molar-refractivity contribution is 14.0. The first kappa shape index (κ1) is 24.7. The van der Waals surface area contributed by atoms with E-state index in [1.165, 1.54) is 12.1 Å². The Balaban J connectivity index is 0.00000420. The number of halogens is 2. The average molecular weight is 514 g/mol. The number of carbonyl (C=O) groups is 1. The Kier molecular flexibility index (Phi) is 11.0. The molecule has 6 nitrogen and oxygen atoms in total. The molecule has 3 N–H and O–H groups in total.